The predicted molar refractivity (Wildman–Crippen MR) is 90.3 cm³/mol. The van der Waals surface area contributed by atoms with Gasteiger partial charge in [-0.1, -0.05) is 30.7 Å². The van der Waals surface area contributed by atoms with Crippen LogP contribution in [-0.4, -0.2) is 36.5 Å². The molecule has 0 bridgehead atoms. The highest BCUT2D eigenvalue weighted by molar-refractivity contribution is 6.30. The van der Waals surface area contributed by atoms with Crippen molar-refractivity contribution in [3.63, 3.8) is 0 Å². The molecule has 1 aliphatic heterocycles. The lowest BCUT2D eigenvalue weighted by Gasteiger charge is -2.33. The first-order chi connectivity index (χ1) is 10.6. The fourth-order valence-electron chi connectivity index (χ4n) is 3.48. The van der Waals surface area contributed by atoms with Crippen molar-refractivity contribution < 1.29 is 4.79 Å². The molecule has 0 aromatic heterocycles. The van der Waals surface area contributed by atoms with E-state index in [1.54, 1.807) is 0 Å². The minimum atomic E-state index is -0.287. The molecule has 0 unspecified atom stereocenters. The standard InChI is InChI=1S/C18H25ClN2O/c1-2-11-21-12-7-16(8-13-21)20-17(22)18(9-10-18)14-3-5-15(19)6-4-14/h3-6,16H,2,7-13H2,1H3,(H,20,22). The highest BCUT2D eigenvalue weighted by Crippen LogP contribution is 2.48. The third-order valence-electron chi connectivity index (χ3n) is 5.04. The second kappa shape index (κ2) is 6.59. The van der Waals surface area contributed by atoms with E-state index in [-0.39, 0.29) is 11.3 Å². The number of nitrogens with zero attached hydrogens (tertiary/aromatic N) is 1. The molecule has 3 rings (SSSR count). The number of carbonyl (C=O) groups is 1. The molecule has 1 amide bonds. The van der Waals surface area contributed by atoms with Crippen LogP contribution < -0.4 is 5.32 Å². The van der Waals surface area contributed by atoms with Crippen molar-refractivity contribution in [3.8, 4) is 0 Å². The van der Waals surface area contributed by atoms with Crippen LogP contribution in [0.25, 0.3) is 0 Å². The molecule has 3 nitrogen and oxygen atoms in total. The van der Waals surface area contributed by atoms with Crippen LogP contribution in [0.5, 0.6) is 0 Å². The van der Waals surface area contributed by atoms with E-state index in [4.69, 9.17) is 11.6 Å². The number of amides is 1. The lowest BCUT2D eigenvalue weighted by atomic mass is 9.94. The summed E-state index contributed by atoms with van der Waals surface area (Å²) in [4.78, 5) is 15.2. The third kappa shape index (κ3) is 3.31. The summed E-state index contributed by atoms with van der Waals surface area (Å²) in [5.74, 6) is 0.212. The Labute approximate surface area is 138 Å². The van der Waals surface area contributed by atoms with Crippen LogP contribution in [0.1, 0.15) is 44.6 Å². The van der Waals surface area contributed by atoms with E-state index < -0.39 is 0 Å². The first-order valence-electron chi connectivity index (χ1n) is 8.43. The normalized spacial score (nSPS) is 21.5. The molecule has 120 valence electrons. The largest absolute Gasteiger partial charge is 0.353 e. The fraction of sp³-hybridized carbons (Fsp3) is 0.611. The SMILES string of the molecule is CCCN1CCC(NC(=O)C2(c3ccc(Cl)cc3)CC2)CC1. The highest BCUT2D eigenvalue weighted by atomic mass is 35.5. The summed E-state index contributed by atoms with van der Waals surface area (Å²) in [6.45, 7) is 5.60. The lowest BCUT2D eigenvalue weighted by molar-refractivity contribution is -0.124. The Balaban J connectivity index is 1.57. The molecule has 0 radical (unpaired) electrons. The zero-order valence-electron chi connectivity index (χ0n) is 13.3. The maximum absolute atomic E-state index is 12.7. The Bertz CT molecular complexity index is 516. The third-order valence-corrected chi connectivity index (χ3v) is 5.30. The van der Waals surface area contributed by atoms with Crippen molar-refractivity contribution in [2.45, 2.75) is 50.5 Å². The number of hydrogen-bond donors (Lipinski definition) is 1. The van der Waals surface area contributed by atoms with Crippen molar-refractivity contribution in [2.24, 2.45) is 0 Å². The topological polar surface area (TPSA) is 32.3 Å². The Morgan fingerprint density at radius 1 is 1.27 bits per heavy atom. The van der Waals surface area contributed by atoms with Gasteiger partial charge in [-0.2, -0.15) is 0 Å². The molecular formula is C18H25ClN2O. The Morgan fingerprint density at radius 3 is 2.45 bits per heavy atom. The smallest absolute Gasteiger partial charge is 0.230 e. The fourth-order valence-corrected chi connectivity index (χ4v) is 3.61. The molecule has 1 saturated carbocycles. The average molecular weight is 321 g/mol. The molecule has 1 aromatic rings. The van der Waals surface area contributed by atoms with E-state index in [2.05, 4.69) is 17.1 Å². The summed E-state index contributed by atoms with van der Waals surface area (Å²) in [6, 6.07) is 8.10. The van der Waals surface area contributed by atoms with Gasteiger partial charge >= 0.3 is 0 Å². The zero-order valence-corrected chi connectivity index (χ0v) is 14.0. The summed E-state index contributed by atoms with van der Waals surface area (Å²) in [7, 11) is 0. The number of halogens is 1. The minimum Gasteiger partial charge on any atom is -0.353 e. The van der Waals surface area contributed by atoms with Crippen LogP contribution in [-0.2, 0) is 10.2 Å². The molecule has 1 aliphatic carbocycles. The first kappa shape index (κ1) is 15.8. The number of hydrogen-bond acceptors (Lipinski definition) is 2. The molecule has 2 aliphatic rings. The van der Waals surface area contributed by atoms with Crippen molar-refractivity contribution in [3.05, 3.63) is 34.9 Å². The molecular weight excluding hydrogens is 296 g/mol. The van der Waals surface area contributed by atoms with Crippen LogP contribution in [0.2, 0.25) is 5.02 Å². The summed E-state index contributed by atoms with van der Waals surface area (Å²) >= 11 is 5.95. The van der Waals surface area contributed by atoms with Gasteiger partial charge in [-0.15, -0.1) is 0 Å². The van der Waals surface area contributed by atoms with Gasteiger partial charge in [0.15, 0.2) is 0 Å². The molecule has 2 fully saturated rings. The van der Waals surface area contributed by atoms with Gasteiger partial charge in [0.25, 0.3) is 0 Å². The summed E-state index contributed by atoms with van der Waals surface area (Å²) in [5.41, 5.74) is 0.823. The number of carbonyl (C=O) groups excluding carboxylic acids is 1. The average Bonchev–Trinajstić information content (AvgIpc) is 3.32. The molecule has 4 heteroatoms. The van der Waals surface area contributed by atoms with E-state index in [0.717, 1.165) is 49.4 Å². The second-order valence-corrected chi connectivity index (χ2v) is 7.11. The molecule has 0 spiro atoms. The van der Waals surface area contributed by atoms with Crippen LogP contribution in [0.15, 0.2) is 24.3 Å². The van der Waals surface area contributed by atoms with Crippen LogP contribution in [0, 0.1) is 0 Å². The van der Waals surface area contributed by atoms with Crippen LogP contribution in [0.3, 0.4) is 0 Å². The molecule has 0 atom stereocenters. The van der Waals surface area contributed by atoms with E-state index in [9.17, 15) is 4.79 Å². The monoisotopic (exact) mass is 320 g/mol. The molecule has 1 N–H and O–H groups in total. The lowest BCUT2D eigenvalue weighted by Crippen LogP contribution is -2.47. The molecule has 1 heterocycles. The van der Waals surface area contributed by atoms with Crippen molar-refractivity contribution in [1.29, 1.82) is 0 Å². The van der Waals surface area contributed by atoms with Crippen LogP contribution >= 0.6 is 11.6 Å². The van der Waals surface area contributed by atoms with E-state index in [1.165, 1.54) is 13.0 Å². The van der Waals surface area contributed by atoms with Crippen molar-refractivity contribution >= 4 is 17.5 Å². The Hall–Kier alpha value is -1.06. The molecule has 1 aromatic carbocycles. The maximum Gasteiger partial charge on any atom is 0.230 e. The van der Waals surface area contributed by atoms with Gasteiger partial charge < -0.3 is 10.2 Å². The van der Waals surface area contributed by atoms with Gasteiger partial charge in [0, 0.05) is 24.2 Å². The van der Waals surface area contributed by atoms with Gasteiger partial charge in [-0.3, -0.25) is 4.79 Å². The zero-order chi connectivity index (χ0) is 15.6. The predicted octanol–water partition coefficient (Wildman–Crippen LogP) is 3.36. The number of piperidine rings is 1. The van der Waals surface area contributed by atoms with Gasteiger partial charge in [0.05, 0.1) is 5.41 Å². The molecule has 22 heavy (non-hydrogen) atoms. The van der Waals surface area contributed by atoms with Gasteiger partial charge in [-0.05, 0) is 56.3 Å². The van der Waals surface area contributed by atoms with E-state index in [1.807, 2.05) is 24.3 Å². The Morgan fingerprint density at radius 2 is 1.91 bits per heavy atom. The van der Waals surface area contributed by atoms with Crippen LogP contribution in [0.4, 0.5) is 0 Å². The van der Waals surface area contributed by atoms with Gasteiger partial charge in [-0.25, -0.2) is 0 Å². The quantitative estimate of drug-likeness (QED) is 0.902. The van der Waals surface area contributed by atoms with Gasteiger partial charge in [0.1, 0.15) is 0 Å². The summed E-state index contributed by atoms with van der Waals surface area (Å²) < 4.78 is 0. The van der Waals surface area contributed by atoms with E-state index >= 15 is 0 Å². The summed E-state index contributed by atoms with van der Waals surface area (Å²) in [5, 5.41) is 4.02. The Kier molecular flexibility index (Phi) is 4.74. The molecule has 1 saturated heterocycles. The van der Waals surface area contributed by atoms with Crippen molar-refractivity contribution in [2.75, 3.05) is 19.6 Å². The van der Waals surface area contributed by atoms with E-state index in [0.29, 0.717) is 6.04 Å². The highest BCUT2D eigenvalue weighted by Gasteiger charge is 2.51. The summed E-state index contributed by atoms with van der Waals surface area (Å²) in [6.07, 6.45) is 5.26. The first-order valence-corrected chi connectivity index (χ1v) is 8.81. The number of nitrogens with one attached hydrogen (secondary N) is 1. The second-order valence-electron chi connectivity index (χ2n) is 6.68. The minimum absolute atomic E-state index is 0.212. The van der Waals surface area contributed by atoms with Gasteiger partial charge in [0.2, 0.25) is 5.91 Å². The number of benzene rings is 1. The van der Waals surface area contributed by atoms with Crippen molar-refractivity contribution in [1.82, 2.24) is 10.2 Å². The maximum atomic E-state index is 12.7. The number of likely N-dealkylation sites (tertiary alicyclic amines) is 1. The number of rotatable bonds is 5.